The van der Waals surface area contributed by atoms with Crippen molar-refractivity contribution in [3.8, 4) is 0 Å². The van der Waals surface area contributed by atoms with Gasteiger partial charge in [0.15, 0.2) is 0 Å². The lowest BCUT2D eigenvalue weighted by Crippen LogP contribution is -2.10. The molecule has 0 saturated heterocycles. The standard InChI is InChI=1S/C12H15N/c1-9(2)11-5-3-4-10-6-7-13-8-12(10)11/h3,5-9,11H,4H2,1-2H3. The van der Waals surface area contributed by atoms with Crippen LogP contribution < -0.4 is 0 Å². The maximum atomic E-state index is 4.20. The predicted octanol–water partition coefficient (Wildman–Crippen LogP) is 2.93. The van der Waals surface area contributed by atoms with E-state index in [-0.39, 0.29) is 0 Å². The monoisotopic (exact) mass is 173 g/mol. The second-order valence-corrected chi connectivity index (χ2v) is 3.98. The van der Waals surface area contributed by atoms with E-state index in [2.05, 4.69) is 37.0 Å². The fourth-order valence-corrected chi connectivity index (χ4v) is 1.95. The van der Waals surface area contributed by atoms with Crippen molar-refractivity contribution in [3.63, 3.8) is 0 Å². The molecule has 0 amide bonds. The summed E-state index contributed by atoms with van der Waals surface area (Å²) in [7, 11) is 0. The first kappa shape index (κ1) is 8.49. The fraction of sp³-hybridized carbons (Fsp3) is 0.417. The molecule has 1 heterocycles. The van der Waals surface area contributed by atoms with Gasteiger partial charge in [0.1, 0.15) is 0 Å². The molecule has 1 heteroatoms. The highest BCUT2D eigenvalue weighted by molar-refractivity contribution is 5.35. The zero-order chi connectivity index (χ0) is 9.26. The summed E-state index contributed by atoms with van der Waals surface area (Å²) in [5, 5.41) is 0. The Bertz CT molecular complexity index is 326. The summed E-state index contributed by atoms with van der Waals surface area (Å²) in [6.45, 7) is 4.52. The van der Waals surface area contributed by atoms with Gasteiger partial charge < -0.3 is 0 Å². The summed E-state index contributed by atoms with van der Waals surface area (Å²) in [6, 6.07) is 2.13. The Balaban J connectivity index is 2.42. The second kappa shape index (κ2) is 3.33. The van der Waals surface area contributed by atoms with E-state index in [1.165, 1.54) is 11.1 Å². The zero-order valence-electron chi connectivity index (χ0n) is 8.20. The second-order valence-electron chi connectivity index (χ2n) is 3.98. The minimum absolute atomic E-state index is 0.567. The van der Waals surface area contributed by atoms with Gasteiger partial charge in [0, 0.05) is 18.3 Å². The third-order valence-electron chi connectivity index (χ3n) is 2.70. The summed E-state index contributed by atoms with van der Waals surface area (Å²) in [6.07, 6.45) is 9.56. The van der Waals surface area contributed by atoms with Crippen LogP contribution in [0.25, 0.3) is 0 Å². The first-order valence-corrected chi connectivity index (χ1v) is 4.88. The molecule has 1 nitrogen and oxygen atoms in total. The Morgan fingerprint density at radius 2 is 2.31 bits per heavy atom. The summed E-state index contributed by atoms with van der Waals surface area (Å²) in [5.41, 5.74) is 2.86. The molecule has 1 atom stereocenters. The van der Waals surface area contributed by atoms with Crippen LogP contribution in [0.5, 0.6) is 0 Å². The number of pyridine rings is 1. The number of rotatable bonds is 1. The molecule has 13 heavy (non-hydrogen) atoms. The van der Waals surface area contributed by atoms with Gasteiger partial charge >= 0.3 is 0 Å². The minimum atomic E-state index is 0.567. The number of fused-ring (bicyclic) bond motifs is 1. The zero-order valence-corrected chi connectivity index (χ0v) is 8.20. The molecule has 1 aliphatic carbocycles. The van der Waals surface area contributed by atoms with Gasteiger partial charge in [-0.1, -0.05) is 26.0 Å². The number of hydrogen-bond acceptors (Lipinski definition) is 1. The third-order valence-corrected chi connectivity index (χ3v) is 2.70. The molecule has 1 aromatic heterocycles. The van der Waals surface area contributed by atoms with E-state index in [0.29, 0.717) is 11.8 Å². The fourth-order valence-electron chi connectivity index (χ4n) is 1.95. The lowest BCUT2D eigenvalue weighted by Gasteiger charge is -2.23. The van der Waals surface area contributed by atoms with Crippen molar-refractivity contribution in [1.82, 2.24) is 4.98 Å². The molecule has 0 aromatic carbocycles. The van der Waals surface area contributed by atoms with E-state index in [4.69, 9.17) is 0 Å². The van der Waals surface area contributed by atoms with Crippen LogP contribution in [0.1, 0.15) is 30.9 Å². The van der Waals surface area contributed by atoms with Crippen LogP contribution in [0.4, 0.5) is 0 Å². The van der Waals surface area contributed by atoms with Gasteiger partial charge in [0.05, 0.1) is 0 Å². The van der Waals surface area contributed by atoms with Crippen molar-refractivity contribution in [3.05, 3.63) is 41.7 Å². The molecule has 1 aliphatic rings. The molecule has 0 aliphatic heterocycles. The highest BCUT2D eigenvalue weighted by atomic mass is 14.6. The van der Waals surface area contributed by atoms with Gasteiger partial charge in [0.2, 0.25) is 0 Å². The van der Waals surface area contributed by atoms with E-state index in [1.807, 2.05) is 12.4 Å². The van der Waals surface area contributed by atoms with Crippen LogP contribution in [-0.4, -0.2) is 4.98 Å². The van der Waals surface area contributed by atoms with E-state index in [1.54, 1.807) is 0 Å². The van der Waals surface area contributed by atoms with Crippen LogP contribution in [-0.2, 0) is 6.42 Å². The first-order chi connectivity index (χ1) is 6.29. The lowest BCUT2D eigenvalue weighted by molar-refractivity contribution is 0.567. The molecule has 68 valence electrons. The summed E-state index contributed by atoms with van der Waals surface area (Å²) in [5.74, 6) is 1.23. The van der Waals surface area contributed by atoms with Crippen LogP contribution in [0.15, 0.2) is 30.6 Å². The van der Waals surface area contributed by atoms with Gasteiger partial charge in [-0.2, -0.15) is 0 Å². The molecule has 0 bridgehead atoms. The number of hydrogen-bond donors (Lipinski definition) is 0. The van der Waals surface area contributed by atoms with Gasteiger partial charge in [-0.05, 0) is 29.5 Å². The Morgan fingerprint density at radius 3 is 3.08 bits per heavy atom. The molecule has 0 radical (unpaired) electrons. The predicted molar refractivity (Wildman–Crippen MR) is 54.7 cm³/mol. The van der Waals surface area contributed by atoms with Crippen LogP contribution in [0.2, 0.25) is 0 Å². The first-order valence-electron chi connectivity index (χ1n) is 4.88. The van der Waals surface area contributed by atoms with Crippen molar-refractivity contribution in [2.75, 3.05) is 0 Å². The molecular formula is C12H15N. The van der Waals surface area contributed by atoms with Crippen molar-refractivity contribution >= 4 is 0 Å². The van der Waals surface area contributed by atoms with Crippen molar-refractivity contribution in [2.24, 2.45) is 5.92 Å². The Hall–Kier alpha value is -1.11. The molecule has 2 rings (SSSR count). The average Bonchev–Trinajstić information content (AvgIpc) is 2.17. The van der Waals surface area contributed by atoms with Crippen molar-refractivity contribution < 1.29 is 0 Å². The average molecular weight is 173 g/mol. The molecular weight excluding hydrogens is 158 g/mol. The molecule has 0 saturated carbocycles. The van der Waals surface area contributed by atoms with E-state index < -0.39 is 0 Å². The quantitative estimate of drug-likeness (QED) is 0.595. The SMILES string of the molecule is CC(C)C1C=CCc2ccncc21. The lowest BCUT2D eigenvalue weighted by atomic mass is 9.82. The normalized spacial score (nSPS) is 20.4. The maximum Gasteiger partial charge on any atom is 0.0308 e. The third kappa shape index (κ3) is 1.51. The van der Waals surface area contributed by atoms with E-state index in [9.17, 15) is 0 Å². The van der Waals surface area contributed by atoms with Gasteiger partial charge in [0.25, 0.3) is 0 Å². The summed E-state index contributed by atoms with van der Waals surface area (Å²) in [4.78, 5) is 4.20. The molecule has 1 aromatic rings. The number of aromatic nitrogens is 1. The molecule has 0 spiro atoms. The highest BCUT2D eigenvalue weighted by Gasteiger charge is 2.18. The Morgan fingerprint density at radius 1 is 1.46 bits per heavy atom. The van der Waals surface area contributed by atoms with E-state index in [0.717, 1.165) is 6.42 Å². The van der Waals surface area contributed by atoms with Crippen LogP contribution >= 0.6 is 0 Å². The van der Waals surface area contributed by atoms with Crippen LogP contribution in [0.3, 0.4) is 0 Å². The topological polar surface area (TPSA) is 12.9 Å². The molecule has 1 unspecified atom stereocenters. The van der Waals surface area contributed by atoms with E-state index >= 15 is 0 Å². The Kier molecular flexibility index (Phi) is 2.17. The van der Waals surface area contributed by atoms with Crippen LogP contribution in [0, 0.1) is 5.92 Å². The van der Waals surface area contributed by atoms with Crippen molar-refractivity contribution in [2.45, 2.75) is 26.2 Å². The number of allylic oxidation sites excluding steroid dienone is 2. The smallest absolute Gasteiger partial charge is 0.0308 e. The molecule has 0 N–H and O–H groups in total. The highest BCUT2D eigenvalue weighted by Crippen LogP contribution is 2.31. The van der Waals surface area contributed by atoms with Gasteiger partial charge in [-0.25, -0.2) is 0 Å². The molecule has 0 fully saturated rings. The van der Waals surface area contributed by atoms with Gasteiger partial charge in [-0.3, -0.25) is 4.98 Å². The summed E-state index contributed by atoms with van der Waals surface area (Å²) >= 11 is 0. The largest absolute Gasteiger partial charge is 0.264 e. The van der Waals surface area contributed by atoms with Gasteiger partial charge in [-0.15, -0.1) is 0 Å². The maximum absolute atomic E-state index is 4.20. The number of nitrogens with zero attached hydrogens (tertiary/aromatic N) is 1. The minimum Gasteiger partial charge on any atom is -0.264 e. The van der Waals surface area contributed by atoms with Crippen molar-refractivity contribution in [1.29, 1.82) is 0 Å². The summed E-state index contributed by atoms with van der Waals surface area (Å²) < 4.78 is 0. The Labute approximate surface area is 79.5 Å².